The Labute approximate surface area is 156 Å². The largest absolute Gasteiger partial charge is 0.450 e. The second-order valence-corrected chi connectivity index (χ2v) is 9.36. The molecule has 2 fully saturated rings. The van der Waals surface area contributed by atoms with Gasteiger partial charge in [-0.3, -0.25) is 4.90 Å². The molecule has 0 radical (unpaired) electrons. The molecule has 1 aromatic carbocycles. The summed E-state index contributed by atoms with van der Waals surface area (Å²) in [6, 6.07) is 7.48. The number of aromatic nitrogens is 2. The van der Waals surface area contributed by atoms with Crippen LogP contribution in [0.4, 0.5) is 5.82 Å². The van der Waals surface area contributed by atoms with Gasteiger partial charge < -0.3 is 14.4 Å². The fourth-order valence-corrected chi connectivity index (χ4v) is 5.99. The Balaban J connectivity index is 1.40. The van der Waals surface area contributed by atoms with Gasteiger partial charge in [0.2, 0.25) is 0 Å². The van der Waals surface area contributed by atoms with Crippen LogP contribution in [0.5, 0.6) is 0 Å². The molecule has 8 nitrogen and oxygen atoms in total. The summed E-state index contributed by atoms with van der Waals surface area (Å²) in [5.41, 5.74) is 2.26. The van der Waals surface area contributed by atoms with Gasteiger partial charge in [0, 0.05) is 31.6 Å². The normalized spacial score (nSPS) is 26.2. The van der Waals surface area contributed by atoms with Crippen LogP contribution in [0.2, 0.25) is 0 Å². The van der Waals surface area contributed by atoms with Crippen molar-refractivity contribution >= 4 is 37.7 Å². The van der Waals surface area contributed by atoms with Crippen molar-refractivity contribution in [3.63, 3.8) is 0 Å². The van der Waals surface area contributed by atoms with Crippen molar-refractivity contribution in [2.24, 2.45) is 0 Å². The number of benzene rings is 1. The molecule has 0 saturated carbocycles. The highest BCUT2D eigenvalue weighted by Crippen LogP contribution is 2.32. The molecule has 2 aliphatic rings. The van der Waals surface area contributed by atoms with E-state index in [1.807, 2.05) is 24.3 Å². The monoisotopic (exact) mass is 388 g/mol. The lowest BCUT2D eigenvalue weighted by atomic mass is 10.1. The van der Waals surface area contributed by atoms with E-state index in [1.54, 1.807) is 6.33 Å². The molecule has 142 valence electrons. The van der Waals surface area contributed by atoms with Gasteiger partial charge >= 0.3 is 0 Å². The highest BCUT2D eigenvalue weighted by atomic mass is 32.2. The van der Waals surface area contributed by atoms with Gasteiger partial charge in [-0.25, -0.2) is 18.4 Å². The number of aliphatic hydroxyl groups excluding tert-OH is 1. The summed E-state index contributed by atoms with van der Waals surface area (Å²) in [6.45, 7) is 2.71. The van der Waals surface area contributed by atoms with Crippen LogP contribution in [0.1, 0.15) is 0 Å². The fourth-order valence-electron chi connectivity index (χ4n) is 4.16. The number of sulfone groups is 1. The molecule has 2 aliphatic heterocycles. The molecule has 0 unspecified atom stereocenters. The Morgan fingerprint density at radius 2 is 1.85 bits per heavy atom. The van der Waals surface area contributed by atoms with Gasteiger partial charge in [-0.15, -0.1) is 0 Å². The van der Waals surface area contributed by atoms with Crippen molar-refractivity contribution < 1.29 is 17.9 Å². The number of piperazine rings is 1. The zero-order chi connectivity index (χ0) is 18.6. The number of rotatable bonds is 2. The molecule has 2 atom stereocenters. The van der Waals surface area contributed by atoms with Crippen LogP contribution in [0.25, 0.3) is 22.1 Å². The quantitative estimate of drug-likeness (QED) is 0.683. The van der Waals surface area contributed by atoms with Gasteiger partial charge in [-0.2, -0.15) is 0 Å². The molecule has 2 aromatic heterocycles. The molecule has 0 amide bonds. The van der Waals surface area contributed by atoms with Crippen LogP contribution < -0.4 is 4.90 Å². The second-order valence-electron chi connectivity index (χ2n) is 7.21. The van der Waals surface area contributed by atoms with E-state index < -0.39 is 15.9 Å². The van der Waals surface area contributed by atoms with E-state index in [0.717, 1.165) is 22.3 Å². The van der Waals surface area contributed by atoms with E-state index >= 15 is 0 Å². The third-order valence-corrected chi connectivity index (χ3v) is 7.21. The molecule has 1 N–H and O–H groups in total. The lowest BCUT2D eigenvalue weighted by molar-refractivity contribution is 0.0792. The van der Waals surface area contributed by atoms with Crippen LogP contribution in [-0.2, 0) is 9.84 Å². The lowest BCUT2D eigenvalue weighted by Gasteiger charge is -2.38. The zero-order valence-electron chi connectivity index (χ0n) is 14.7. The molecule has 9 heteroatoms. The Morgan fingerprint density at radius 3 is 2.59 bits per heavy atom. The zero-order valence-corrected chi connectivity index (χ0v) is 15.5. The molecule has 0 aliphatic carbocycles. The van der Waals surface area contributed by atoms with E-state index in [9.17, 15) is 13.5 Å². The third kappa shape index (κ3) is 2.86. The molecule has 27 heavy (non-hydrogen) atoms. The maximum absolute atomic E-state index is 11.8. The van der Waals surface area contributed by atoms with Gasteiger partial charge in [0.15, 0.2) is 21.2 Å². The van der Waals surface area contributed by atoms with E-state index in [-0.39, 0.29) is 17.5 Å². The molecular formula is C18H20N4O4S. The molecule has 0 bridgehead atoms. The highest BCUT2D eigenvalue weighted by Gasteiger charge is 2.41. The molecule has 3 aromatic rings. The average Bonchev–Trinajstić information content (AvgIpc) is 3.18. The maximum atomic E-state index is 11.8. The van der Waals surface area contributed by atoms with Crippen molar-refractivity contribution in [2.75, 3.05) is 42.6 Å². The van der Waals surface area contributed by atoms with E-state index in [4.69, 9.17) is 4.42 Å². The second kappa shape index (κ2) is 6.15. The van der Waals surface area contributed by atoms with Gasteiger partial charge in [0.1, 0.15) is 17.4 Å². The number of fused-ring (bicyclic) bond motifs is 3. The van der Waals surface area contributed by atoms with E-state index in [0.29, 0.717) is 31.8 Å². The highest BCUT2D eigenvalue weighted by molar-refractivity contribution is 7.91. The first-order valence-corrected chi connectivity index (χ1v) is 10.8. The first kappa shape index (κ1) is 16.9. The van der Waals surface area contributed by atoms with Gasteiger partial charge in [0.05, 0.1) is 23.7 Å². The smallest absolute Gasteiger partial charge is 0.196 e. The summed E-state index contributed by atoms with van der Waals surface area (Å²) in [4.78, 5) is 13.0. The van der Waals surface area contributed by atoms with Crippen LogP contribution in [-0.4, -0.2) is 78.2 Å². The average molecular weight is 388 g/mol. The standard InChI is InChI=1S/C18H20N4O4S/c23-14-10-27(24,25)9-13(14)21-5-7-22(8-6-21)18-17-16(19-11-20-18)12-3-1-2-4-15(12)26-17/h1-4,11,13-14,23H,5-10H2/t13-,14+/m0/s1. The molecule has 4 heterocycles. The minimum absolute atomic E-state index is 0.0372. The van der Waals surface area contributed by atoms with E-state index in [1.165, 1.54) is 0 Å². The van der Waals surface area contributed by atoms with Crippen molar-refractivity contribution in [3.8, 4) is 0 Å². The molecule has 0 spiro atoms. The van der Waals surface area contributed by atoms with Gasteiger partial charge in [-0.05, 0) is 12.1 Å². The third-order valence-electron chi connectivity index (χ3n) is 5.52. The van der Waals surface area contributed by atoms with Crippen LogP contribution in [0.15, 0.2) is 35.0 Å². The van der Waals surface area contributed by atoms with Crippen molar-refractivity contribution in [2.45, 2.75) is 12.1 Å². The van der Waals surface area contributed by atoms with Crippen molar-refractivity contribution in [1.82, 2.24) is 14.9 Å². The maximum Gasteiger partial charge on any atom is 0.196 e. The number of nitrogens with zero attached hydrogens (tertiary/aromatic N) is 4. The van der Waals surface area contributed by atoms with Crippen LogP contribution >= 0.6 is 0 Å². The molecular weight excluding hydrogens is 368 g/mol. The van der Waals surface area contributed by atoms with Crippen molar-refractivity contribution in [3.05, 3.63) is 30.6 Å². The number of para-hydroxylation sites is 1. The summed E-state index contributed by atoms with van der Waals surface area (Å²) < 4.78 is 29.6. The van der Waals surface area contributed by atoms with Crippen molar-refractivity contribution in [1.29, 1.82) is 0 Å². The number of aliphatic hydroxyl groups is 1. The molecule has 5 rings (SSSR count). The van der Waals surface area contributed by atoms with Crippen LogP contribution in [0.3, 0.4) is 0 Å². The Bertz CT molecular complexity index is 1100. The van der Waals surface area contributed by atoms with E-state index in [2.05, 4.69) is 19.8 Å². The summed E-state index contributed by atoms with van der Waals surface area (Å²) in [6.07, 6.45) is 0.752. The minimum atomic E-state index is -3.14. The summed E-state index contributed by atoms with van der Waals surface area (Å²) in [5, 5.41) is 11.1. The Kier molecular flexibility index (Phi) is 3.85. The number of furan rings is 1. The summed E-state index contributed by atoms with van der Waals surface area (Å²) >= 11 is 0. The van der Waals surface area contributed by atoms with Gasteiger partial charge in [0.25, 0.3) is 0 Å². The Hall–Kier alpha value is -2.23. The first-order chi connectivity index (χ1) is 13.0. The minimum Gasteiger partial charge on any atom is -0.450 e. The first-order valence-electron chi connectivity index (χ1n) is 9.01. The van der Waals surface area contributed by atoms with Gasteiger partial charge in [-0.1, -0.05) is 12.1 Å². The number of hydrogen-bond acceptors (Lipinski definition) is 8. The SMILES string of the molecule is O=S1(=O)C[C@@H](O)[C@@H](N2CCN(c3ncnc4c3oc3ccccc34)CC2)C1. The Morgan fingerprint density at radius 1 is 1.07 bits per heavy atom. The summed E-state index contributed by atoms with van der Waals surface area (Å²) in [7, 11) is -3.14. The number of hydrogen-bond donors (Lipinski definition) is 1. The fraction of sp³-hybridized carbons (Fsp3) is 0.444. The lowest BCUT2D eigenvalue weighted by Crippen LogP contribution is -2.53. The van der Waals surface area contributed by atoms with Crippen LogP contribution in [0, 0.1) is 0 Å². The predicted molar refractivity (Wildman–Crippen MR) is 102 cm³/mol. The predicted octanol–water partition coefficient (Wildman–Crippen LogP) is 0.656. The summed E-state index contributed by atoms with van der Waals surface area (Å²) in [5.74, 6) is 0.661. The topological polar surface area (TPSA) is 99.8 Å². The number of anilines is 1. The molecule has 2 saturated heterocycles.